The van der Waals surface area contributed by atoms with Crippen molar-refractivity contribution in [3.63, 3.8) is 0 Å². The molecule has 2 amide bonds. The Morgan fingerprint density at radius 2 is 2.21 bits per heavy atom. The number of nitrogens with one attached hydrogen (secondary N) is 2. The summed E-state index contributed by atoms with van der Waals surface area (Å²) in [7, 11) is 0. The van der Waals surface area contributed by atoms with Crippen molar-refractivity contribution >= 4 is 45.5 Å². The van der Waals surface area contributed by atoms with E-state index in [4.69, 9.17) is 0 Å². The zero-order valence-electron chi connectivity index (χ0n) is 12.3. The molecule has 1 aromatic carbocycles. The normalized spacial score (nSPS) is 13.4. The van der Waals surface area contributed by atoms with Crippen LogP contribution in [0, 0.1) is 0 Å². The van der Waals surface area contributed by atoms with Gasteiger partial charge in [0.25, 0.3) is 5.91 Å². The number of rotatable bonds is 3. The molecule has 8 nitrogen and oxygen atoms in total. The lowest BCUT2D eigenvalue weighted by molar-refractivity contribution is -0.122. The van der Waals surface area contributed by atoms with Crippen LogP contribution in [0.3, 0.4) is 0 Å². The number of carbonyl (C=O) groups is 3. The van der Waals surface area contributed by atoms with E-state index in [1.807, 2.05) is 24.3 Å². The third kappa shape index (κ3) is 2.26. The molecule has 3 heterocycles. The molecule has 3 aromatic rings. The number of amides is 2. The molecule has 0 bridgehead atoms. The number of anilines is 1. The Kier molecular flexibility index (Phi) is 3.35. The summed E-state index contributed by atoms with van der Waals surface area (Å²) >= 11 is 1.24. The lowest BCUT2D eigenvalue weighted by Gasteiger charge is -2.16. The molecule has 0 radical (unpaired) electrons. The minimum Gasteiger partial charge on any atom is -0.349 e. The maximum absolute atomic E-state index is 12.5. The van der Waals surface area contributed by atoms with E-state index in [0.29, 0.717) is 17.7 Å². The molecule has 0 spiro atoms. The Labute approximate surface area is 139 Å². The first kappa shape index (κ1) is 14.5. The van der Waals surface area contributed by atoms with Gasteiger partial charge in [0.05, 0.1) is 16.9 Å². The van der Waals surface area contributed by atoms with E-state index in [0.717, 1.165) is 10.1 Å². The summed E-state index contributed by atoms with van der Waals surface area (Å²) in [6.07, 6.45) is 0.565. The Morgan fingerprint density at radius 1 is 1.38 bits per heavy atom. The minimum absolute atomic E-state index is 0.00586. The highest BCUT2D eigenvalue weighted by Crippen LogP contribution is 2.24. The average Bonchev–Trinajstić information content (AvgIpc) is 3.16. The lowest BCUT2D eigenvalue weighted by atomic mass is 10.2. The van der Waals surface area contributed by atoms with Crippen LogP contribution in [0.15, 0.2) is 24.3 Å². The van der Waals surface area contributed by atoms with Gasteiger partial charge < -0.3 is 15.2 Å². The van der Waals surface area contributed by atoms with Crippen LogP contribution in [-0.4, -0.2) is 32.0 Å². The second-order valence-corrected chi connectivity index (χ2v) is 6.03. The van der Waals surface area contributed by atoms with Crippen molar-refractivity contribution in [1.29, 1.82) is 0 Å². The maximum Gasteiger partial charge on any atom is 0.277 e. The van der Waals surface area contributed by atoms with Gasteiger partial charge >= 0.3 is 0 Å². The number of imidazole rings is 1. The van der Waals surface area contributed by atoms with Gasteiger partial charge in [-0.05, 0) is 17.6 Å². The van der Waals surface area contributed by atoms with Gasteiger partial charge in [0.1, 0.15) is 12.2 Å². The van der Waals surface area contributed by atoms with Gasteiger partial charge in [0, 0.05) is 5.39 Å². The number of hydrogen-bond acceptors (Lipinski definition) is 6. The predicted molar refractivity (Wildman–Crippen MR) is 87.0 cm³/mol. The van der Waals surface area contributed by atoms with Crippen molar-refractivity contribution in [3.05, 3.63) is 41.5 Å². The molecule has 0 aliphatic carbocycles. The van der Waals surface area contributed by atoms with Crippen LogP contribution in [0.2, 0.25) is 0 Å². The number of benzene rings is 1. The molecule has 0 saturated carbocycles. The molecule has 2 aromatic heterocycles. The first-order valence-corrected chi connectivity index (χ1v) is 7.91. The molecule has 24 heavy (non-hydrogen) atoms. The van der Waals surface area contributed by atoms with Gasteiger partial charge in [0.2, 0.25) is 5.91 Å². The summed E-state index contributed by atoms with van der Waals surface area (Å²) in [6.45, 7) is 0.207. The van der Waals surface area contributed by atoms with Gasteiger partial charge in [-0.2, -0.15) is 4.37 Å². The monoisotopic (exact) mass is 341 g/mol. The van der Waals surface area contributed by atoms with Crippen LogP contribution in [0.4, 0.5) is 5.82 Å². The largest absolute Gasteiger partial charge is 0.349 e. The summed E-state index contributed by atoms with van der Waals surface area (Å²) < 4.78 is 6.61. The Morgan fingerprint density at radius 3 is 3.04 bits per heavy atom. The summed E-state index contributed by atoms with van der Waals surface area (Å²) in [5, 5.41) is 6.13. The van der Waals surface area contributed by atoms with E-state index < -0.39 is 5.91 Å². The van der Waals surface area contributed by atoms with Crippen LogP contribution in [0.5, 0.6) is 0 Å². The fraction of sp³-hybridized carbons (Fsp3) is 0.133. The Bertz CT molecular complexity index is 990. The van der Waals surface area contributed by atoms with Crippen molar-refractivity contribution in [2.45, 2.75) is 13.1 Å². The van der Waals surface area contributed by atoms with Crippen LogP contribution in [0.1, 0.15) is 26.8 Å². The number of fused-ring (bicyclic) bond motifs is 2. The number of hydrogen-bond donors (Lipinski definition) is 2. The van der Waals surface area contributed by atoms with Crippen molar-refractivity contribution in [3.8, 4) is 0 Å². The molecule has 0 atom stereocenters. The van der Waals surface area contributed by atoms with E-state index in [-0.39, 0.29) is 30.6 Å². The zero-order chi connectivity index (χ0) is 16.7. The highest BCUT2D eigenvalue weighted by molar-refractivity contribution is 7.13. The highest BCUT2D eigenvalue weighted by atomic mass is 32.1. The molecule has 4 rings (SSSR count). The molecule has 120 valence electrons. The molecular weight excluding hydrogens is 330 g/mol. The minimum atomic E-state index is -0.400. The second kappa shape index (κ2) is 5.53. The van der Waals surface area contributed by atoms with Gasteiger partial charge in [-0.3, -0.25) is 14.4 Å². The Hall–Kier alpha value is -3.07. The van der Waals surface area contributed by atoms with Crippen molar-refractivity contribution in [1.82, 2.24) is 19.2 Å². The molecule has 0 fully saturated rings. The summed E-state index contributed by atoms with van der Waals surface area (Å²) in [4.78, 5) is 39.3. The maximum atomic E-state index is 12.5. The summed E-state index contributed by atoms with van der Waals surface area (Å²) in [6, 6.07) is 7.44. The highest BCUT2D eigenvalue weighted by Gasteiger charge is 2.25. The topological polar surface area (TPSA) is 106 Å². The van der Waals surface area contributed by atoms with Crippen LogP contribution in [0.25, 0.3) is 10.1 Å². The first-order chi connectivity index (χ1) is 11.7. The van der Waals surface area contributed by atoms with Gasteiger partial charge in [-0.1, -0.05) is 18.2 Å². The van der Waals surface area contributed by atoms with E-state index >= 15 is 0 Å². The standard InChI is InChI=1S/C15H11N5O3S/c21-7-11-17-14(9-5-16-12(22)6-20(9)11)18-15(23)13-8-3-1-2-4-10(8)24-19-13/h1-4,7H,5-6H2,(H,16,22)(H,18,23). The zero-order valence-corrected chi connectivity index (χ0v) is 13.1. The molecule has 0 saturated heterocycles. The summed E-state index contributed by atoms with van der Waals surface area (Å²) in [5.74, 6) is -0.230. The van der Waals surface area contributed by atoms with E-state index in [9.17, 15) is 14.4 Å². The molecule has 1 aliphatic rings. The van der Waals surface area contributed by atoms with Crippen molar-refractivity contribution in [2.24, 2.45) is 0 Å². The van der Waals surface area contributed by atoms with Crippen LogP contribution >= 0.6 is 11.5 Å². The molecule has 0 unspecified atom stereocenters. The Balaban J connectivity index is 1.69. The van der Waals surface area contributed by atoms with Crippen molar-refractivity contribution < 1.29 is 14.4 Å². The fourth-order valence-corrected chi connectivity index (χ4v) is 3.42. The number of aldehydes is 1. The SMILES string of the molecule is O=Cc1nc(NC(=O)c2nsc3ccccc23)c2n1CC(=O)NC2. The lowest BCUT2D eigenvalue weighted by Crippen LogP contribution is -2.35. The quantitative estimate of drug-likeness (QED) is 0.696. The van der Waals surface area contributed by atoms with Crippen LogP contribution < -0.4 is 10.6 Å². The average molecular weight is 341 g/mol. The van der Waals surface area contributed by atoms with E-state index in [1.54, 1.807) is 0 Å². The van der Waals surface area contributed by atoms with E-state index in [2.05, 4.69) is 20.0 Å². The number of aromatic nitrogens is 3. The van der Waals surface area contributed by atoms with Gasteiger partial charge in [-0.15, -0.1) is 0 Å². The number of nitrogens with zero attached hydrogens (tertiary/aromatic N) is 3. The smallest absolute Gasteiger partial charge is 0.277 e. The van der Waals surface area contributed by atoms with E-state index in [1.165, 1.54) is 16.1 Å². The molecule has 2 N–H and O–H groups in total. The molecule has 9 heteroatoms. The van der Waals surface area contributed by atoms with Crippen molar-refractivity contribution in [2.75, 3.05) is 5.32 Å². The van der Waals surface area contributed by atoms with Crippen LogP contribution in [-0.2, 0) is 17.9 Å². The third-order valence-electron chi connectivity index (χ3n) is 3.79. The summed E-state index contributed by atoms with van der Waals surface area (Å²) in [5.41, 5.74) is 0.898. The second-order valence-electron chi connectivity index (χ2n) is 5.23. The van der Waals surface area contributed by atoms with Gasteiger partial charge in [-0.25, -0.2) is 4.98 Å². The number of carbonyl (C=O) groups excluding carboxylic acids is 3. The predicted octanol–water partition coefficient (Wildman–Crippen LogP) is 1.19. The third-order valence-corrected chi connectivity index (χ3v) is 4.61. The first-order valence-electron chi connectivity index (χ1n) is 7.14. The van der Waals surface area contributed by atoms with Gasteiger partial charge in [0.15, 0.2) is 17.9 Å². The molecule has 1 aliphatic heterocycles. The fourth-order valence-electron chi connectivity index (χ4n) is 2.65. The molecular formula is C15H11N5O3S.